The third-order valence-corrected chi connectivity index (χ3v) is 3.02. The lowest BCUT2D eigenvalue weighted by Gasteiger charge is -2.11. The van der Waals surface area contributed by atoms with Gasteiger partial charge in [0.2, 0.25) is 0 Å². The van der Waals surface area contributed by atoms with Gasteiger partial charge in [0.1, 0.15) is 0 Å². The number of benzene rings is 1. The summed E-state index contributed by atoms with van der Waals surface area (Å²) in [6, 6.07) is 3.32. The summed E-state index contributed by atoms with van der Waals surface area (Å²) < 4.78 is 15.4. The van der Waals surface area contributed by atoms with E-state index < -0.39 is 11.9 Å². The van der Waals surface area contributed by atoms with Crippen molar-refractivity contribution < 1.29 is 23.8 Å². The average Bonchev–Trinajstić information content (AvgIpc) is 2.56. The van der Waals surface area contributed by atoms with Gasteiger partial charge in [-0.1, -0.05) is 17.7 Å². The average molecular weight is 354 g/mol. The summed E-state index contributed by atoms with van der Waals surface area (Å²) in [4.78, 5) is 22.9. The smallest absolute Gasteiger partial charge is 0.331 e. The van der Waals surface area contributed by atoms with Crippen LogP contribution in [-0.2, 0) is 14.3 Å². The number of carbonyl (C=O) groups is 2. The first-order valence-electron chi connectivity index (χ1n) is 7.24. The summed E-state index contributed by atoms with van der Waals surface area (Å²) in [6.45, 7) is 5.71. The summed E-state index contributed by atoms with van der Waals surface area (Å²) in [6.07, 6.45) is 4.25. The maximum atomic E-state index is 11.6. The monoisotopic (exact) mass is 353 g/mol. The highest BCUT2D eigenvalue weighted by molar-refractivity contribution is 6.32. The van der Waals surface area contributed by atoms with E-state index in [2.05, 4.69) is 11.9 Å². The Bertz CT molecular complexity index is 628. The van der Waals surface area contributed by atoms with Crippen molar-refractivity contribution >= 4 is 29.6 Å². The Hall–Kier alpha value is -2.47. The van der Waals surface area contributed by atoms with Crippen LogP contribution in [0.2, 0.25) is 5.02 Å². The molecule has 0 saturated heterocycles. The van der Waals surface area contributed by atoms with Gasteiger partial charge in [0.15, 0.2) is 18.1 Å². The Kier molecular flexibility index (Phi) is 8.43. The molecule has 0 atom stereocenters. The molecule has 130 valence electrons. The van der Waals surface area contributed by atoms with Crippen molar-refractivity contribution in [2.75, 3.05) is 26.9 Å². The Morgan fingerprint density at radius 2 is 2.12 bits per heavy atom. The molecule has 1 aromatic rings. The second-order valence-corrected chi connectivity index (χ2v) is 4.91. The summed E-state index contributed by atoms with van der Waals surface area (Å²) in [5, 5.41) is 2.86. The molecule has 24 heavy (non-hydrogen) atoms. The van der Waals surface area contributed by atoms with Crippen LogP contribution in [0.1, 0.15) is 12.5 Å². The largest absolute Gasteiger partial charge is 0.491 e. The molecule has 1 rings (SSSR count). The highest BCUT2D eigenvalue weighted by Crippen LogP contribution is 2.36. The van der Waals surface area contributed by atoms with Crippen LogP contribution in [0.5, 0.6) is 11.5 Å². The van der Waals surface area contributed by atoms with Gasteiger partial charge in [-0.3, -0.25) is 4.79 Å². The summed E-state index contributed by atoms with van der Waals surface area (Å²) in [5.74, 6) is -0.141. The Morgan fingerprint density at radius 1 is 1.38 bits per heavy atom. The van der Waals surface area contributed by atoms with Gasteiger partial charge in [-0.15, -0.1) is 6.58 Å². The van der Waals surface area contributed by atoms with Crippen molar-refractivity contribution in [2.24, 2.45) is 0 Å². The predicted molar refractivity (Wildman–Crippen MR) is 92.4 cm³/mol. The zero-order chi connectivity index (χ0) is 17.9. The Morgan fingerprint density at radius 3 is 2.75 bits per heavy atom. The molecule has 0 saturated carbocycles. The molecule has 1 amide bonds. The molecule has 0 fully saturated rings. The van der Waals surface area contributed by atoms with E-state index in [1.54, 1.807) is 12.1 Å². The molecule has 0 spiro atoms. The lowest BCUT2D eigenvalue weighted by molar-refractivity contribution is -0.143. The van der Waals surface area contributed by atoms with Gasteiger partial charge in [-0.05, 0) is 30.7 Å². The molecule has 1 N–H and O–H groups in total. The Balaban J connectivity index is 2.70. The van der Waals surface area contributed by atoms with E-state index in [0.29, 0.717) is 35.2 Å². The van der Waals surface area contributed by atoms with Crippen molar-refractivity contribution in [3.63, 3.8) is 0 Å². The minimum absolute atomic E-state index is 0.316. The molecule has 0 heterocycles. The van der Waals surface area contributed by atoms with Crippen LogP contribution in [0.3, 0.4) is 0 Å². The lowest BCUT2D eigenvalue weighted by atomic mass is 10.2. The molecule has 0 unspecified atom stereocenters. The van der Waals surface area contributed by atoms with Gasteiger partial charge < -0.3 is 19.5 Å². The number of methoxy groups -OCH3 is 1. The summed E-state index contributed by atoms with van der Waals surface area (Å²) >= 11 is 6.12. The van der Waals surface area contributed by atoms with Crippen LogP contribution in [0, 0.1) is 0 Å². The first-order valence-corrected chi connectivity index (χ1v) is 7.62. The molecule has 1 aromatic carbocycles. The van der Waals surface area contributed by atoms with Crippen LogP contribution in [0.4, 0.5) is 0 Å². The quantitative estimate of drug-likeness (QED) is 0.419. The number of nitrogens with one attached hydrogen (secondary N) is 1. The number of esters is 1. The van der Waals surface area contributed by atoms with Crippen LogP contribution < -0.4 is 14.8 Å². The lowest BCUT2D eigenvalue weighted by Crippen LogP contribution is -2.28. The number of hydrogen-bond donors (Lipinski definition) is 1. The number of rotatable bonds is 9. The van der Waals surface area contributed by atoms with Gasteiger partial charge in [0, 0.05) is 12.6 Å². The third kappa shape index (κ3) is 6.34. The van der Waals surface area contributed by atoms with E-state index in [0.717, 1.165) is 0 Å². The van der Waals surface area contributed by atoms with Gasteiger partial charge in [0.05, 0.1) is 18.7 Å². The van der Waals surface area contributed by atoms with E-state index in [1.807, 2.05) is 6.92 Å². The molecule has 0 aromatic heterocycles. The van der Waals surface area contributed by atoms with Gasteiger partial charge >= 0.3 is 5.97 Å². The molecule has 6 nitrogen and oxygen atoms in total. The molecule has 0 aliphatic heterocycles. The van der Waals surface area contributed by atoms with Crippen LogP contribution in [-0.4, -0.2) is 38.7 Å². The van der Waals surface area contributed by atoms with Crippen LogP contribution in [0.25, 0.3) is 6.08 Å². The van der Waals surface area contributed by atoms with Crippen molar-refractivity contribution in [3.05, 3.63) is 41.4 Å². The normalized spacial score (nSPS) is 10.3. The van der Waals surface area contributed by atoms with E-state index in [1.165, 1.54) is 25.3 Å². The first-order chi connectivity index (χ1) is 11.5. The van der Waals surface area contributed by atoms with Gasteiger partial charge in [0.25, 0.3) is 5.91 Å². The molecule has 7 heteroatoms. The molecule has 0 bridgehead atoms. The zero-order valence-corrected chi connectivity index (χ0v) is 14.4. The molecular formula is C17H20ClNO5. The molecule has 0 aliphatic carbocycles. The number of ether oxygens (including phenoxy) is 3. The topological polar surface area (TPSA) is 73.9 Å². The summed E-state index contributed by atoms with van der Waals surface area (Å²) in [5.41, 5.74) is 0.636. The third-order valence-electron chi connectivity index (χ3n) is 2.74. The second-order valence-electron chi connectivity index (χ2n) is 4.50. The van der Waals surface area contributed by atoms with Crippen molar-refractivity contribution in [1.82, 2.24) is 5.32 Å². The SMILES string of the molecule is C=CCNC(=O)COC(=O)/C=C/c1cc(Cl)c(OC)c(OCC)c1. The van der Waals surface area contributed by atoms with E-state index in [9.17, 15) is 9.59 Å². The van der Waals surface area contributed by atoms with Crippen molar-refractivity contribution in [2.45, 2.75) is 6.92 Å². The van der Waals surface area contributed by atoms with E-state index in [4.69, 9.17) is 25.8 Å². The Labute approximate surface area is 146 Å². The van der Waals surface area contributed by atoms with Gasteiger partial charge in [-0.25, -0.2) is 4.79 Å². The van der Waals surface area contributed by atoms with E-state index >= 15 is 0 Å². The standard InChI is InChI=1S/C17H20ClNO5/c1-4-8-19-15(20)11-24-16(21)7-6-12-9-13(18)17(22-3)14(10-12)23-5-2/h4,6-7,9-10H,1,5,8,11H2,2-3H3,(H,19,20)/b7-6+. The molecular weight excluding hydrogens is 334 g/mol. The number of hydrogen-bond acceptors (Lipinski definition) is 5. The minimum Gasteiger partial charge on any atom is -0.491 e. The van der Waals surface area contributed by atoms with Crippen molar-refractivity contribution in [1.29, 1.82) is 0 Å². The summed E-state index contributed by atoms with van der Waals surface area (Å²) in [7, 11) is 1.49. The van der Waals surface area contributed by atoms with Crippen molar-refractivity contribution in [3.8, 4) is 11.5 Å². The van der Waals surface area contributed by atoms with Gasteiger partial charge in [-0.2, -0.15) is 0 Å². The zero-order valence-electron chi connectivity index (χ0n) is 13.6. The number of halogens is 1. The van der Waals surface area contributed by atoms with E-state index in [-0.39, 0.29) is 6.61 Å². The number of carbonyl (C=O) groups excluding carboxylic acids is 2. The highest BCUT2D eigenvalue weighted by Gasteiger charge is 2.11. The fourth-order valence-electron chi connectivity index (χ4n) is 1.73. The number of amides is 1. The van der Waals surface area contributed by atoms with Crippen LogP contribution in [0.15, 0.2) is 30.9 Å². The minimum atomic E-state index is -0.645. The molecule has 0 radical (unpaired) electrons. The first kappa shape index (κ1) is 19.6. The maximum absolute atomic E-state index is 11.6. The second kappa shape index (κ2) is 10.3. The fourth-order valence-corrected chi connectivity index (χ4v) is 2.03. The predicted octanol–water partition coefficient (Wildman–Crippen LogP) is 2.61. The maximum Gasteiger partial charge on any atom is 0.331 e. The fraction of sp³-hybridized carbons (Fsp3) is 0.294. The highest BCUT2D eigenvalue weighted by atomic mass is 35.5. The van der Waals surface area contributed by atoms with Crippen LogP contribution >= 0.6 is 11.6 Å². The molecule has 0 aliphatic rings.